The highest BCUT2D eigenvalue weighted by molar-refractivity contribution is 7.91. The first-order chi connectivity index (χ1) is 7.05. The van der Waals surface area contributed by atoms with E-state index in [1.807, 2.05) is 0 Å². The van der Waals surface area contributed by atoms with Crippen LogP contribution in [-0.4, -0.2) is 33.0 Å². The fourth-order valence-electron chi connectivity index (χ4n) is 2.18. The Morgan fingerprint density at radius 3 is 2.60 bits per heavy atom. The summed E-state index contributed by atoms with van der Waals surface area (Å²) in [4.78, 5) is 0. The summed E-state index contributed by atoms with van der Waals surface area (Å²) in [5, 5.41) is 3.27. The average Bonchev–Trinajstić information content (AvgIpc) is 2.59. The van der Waals surface area contributed by atoms with Crippen LogP contribution < -0.4 is 5.32 Å². The first kappa shape index (κ1) is 13.0. The van der Waals surface area contributed by atoms with Gasteiger partial charge in [0.15, 0.2) is 9.84 Å². The fourth-order valence-corrected chi connectivity index (χ4v) is 2.93. The Balaban J connectivity index is 2.12. The van der Waals surface area contributed by atoms with Crippen LogP contribution in [0.4, 0.5) is 0 Å². The van der Waals surface area contributed by atoms with Gasteiger partial charge < -0.3 is 5.32 Å². The average molecular weight is 233 g/mol. The summed E-state index contributed by atoms with van der Waals surface area (Å²) in [6, 6.07) is 0. The summed E-state index contributed by atoms with van der Waals surface area (Å²) in [5.74, 6) is 2.11. The Kier molecular flexibility index (Phi) is 5.06. The van der Waals surface area contributed by atoms with E-state index in [0.717, 1.165) is 18.4 Å². The Labute approximate surface area is 93.6 Å². The maximum Gasteiger partial charge on any atom is 0.151 e. The van der Waals surface area contributed by atoms with Gasteiger partial charge in [0.25, 0.3) is 0 Å². The quantitative estimate of drug-likeness (QED) is 0.706. The van der Waals surface area contributed by atoms with Gasteiger partial charge in [0.2, 0.25) is 0 Å². The predicted octanol–water partition coefficient (Wildman–Crippen LogP) is 1.45. The van der Waals surface area contributed by atoms with E-state index in [1.54, 1.807) is 6.92 Å². The van der Waals surface area contributed by atoms with Crippen molar-refractivity contribution in [2.45, 2.75) is 33.1 Å². The zero-order chi connectivity index (χ0) is 11.3. The molecular formula is C11H23NO2S. The van der Waals surface area contributed by atoms with Gasteiger partial charge in [0.05, 0.1) is 5.75 Å². The molecule has 15 heavy (non-hydrogen) atoms. The molecule has 0 radical (unpaired) electrons. The van der Waals surface area contributed by atoms with Crippen molar-refractivity contribution in [3.8, 4) is 0 Å². The van der Waals surface area contributed by atoms with E-state index in [0.29, 0.717) is 6.54 Å². The maximum absolute atomic E-state index is 11.2. The molecule has 0 saturated heterocycles. The van der Waals surface area contributed by atoms with Crippen molar-refractivity contribution in [1.82, 2.24) is 5.32 Å². The molecule has 0 bridgehead atoms. The molecule has 2 unspecified atom stereocenters. The van der Waals surface area contributed by atoms with Crippen LogP contribution in [-0.2, 0) is 9.84 Å². The topological polar surface area (TPSA) is 46.2 Å². The highest BCUT2D eigenvalue weighted by Crippen LogP contribution is 2.30. The van der Waals surface area contributed by atoms with Gasteiger partial charge in [0, 0.05) is 12.3 Å². The summed E-state index contributed by atoms with van der Waals surface area (Å²) in [7, 11) is -2.79. The molecule has 1 aliphatic carbocycles. The van der Waals surface area contributed by atoms with Gasteiger partial charge in [-0.15, -0.1) is 0 Å². The fraction of sp³-hybridized carbons (Fsp3) is 1.00. The van der Waals surface area contributed by atoms with Crippen LogP contribution >= 0.6 is 0 Å². The van der Waals surface area contributed by atoms with Gasteiger partial charge in [-0.25, -0.2) is 8.42 Å². The lowest BCUT2D eigenvalue weighted by Crippen LogP contribution is -2.29. The first-order valence-corrected chi connectivity index (χ1v) is 7.78. The molecule has 0 aromatic rings. The minimum atomic E-state index is -2.79. The van der Waals surface area contributed by atoms with E-state index in [-0.39, 0.29) is 11.5 Å². The second-order valence-corrected chi connectivity index (χ2v) is 7.08. The third-order valence-corrected chi connectivity index (χ3v) is 5.18. The van der Waals surface area contributed by atoms with E-state index in [4.69, 9.17) is 0 Å². The normalized spacial score (nSPS) is 27.1. The molecule has 0 aliphatic heterocycles. The number of sulfone groups is 1. The van der Waals surface area contributed by atoms with Crippen molar-refractivity contribution in [2.24, 2.45) is 11.8 Å². The molecule has 1 aliphatic rings. The molecule has 3 nitrogen and oxygen atoms in total. The molecule has 90 valence electrons. The Bertz CT molecular complexity index is 274. The molecule has 1 fully saturated rings. The summed E-state index contributed by atoms with van der Waals surface area (Å²) in [5.41, 5.74) is 0. The van der Waals surface area contributed by atoms with E-state index < -0.39 is 9.84 Å². The van der Waals surface area contributed by atoms with Crippen LogP contribution in [0.1, 0.15) is 33.1 Å². The standard InChI is InChI=1S/C11H23NO2S/c1-3-15(13,14)8-7-12-9-11-6-4-5-10(11)2/h10-12H,3-9H2,1-2H3. The molecule has 0 spiro atoms. The number of nitrogens with one attached hydrogen (secondary N) is 1. The lowest BCUT2D eigenvalue weighted by Gasteiger charge is -2.15. The molecule has 0 aromatic heterocycles. The lowest BCUT2D eigenvalue weighted by atomic mass is 9.98. The van der Waals surface area contributed by atoms with Gasteiger partial charge >= 0.3 is 0 Å². The van der Waals surface area contributed by atoms with Crippen LogP contribution in [0.25, 0.3) is 0 Å². The van der Waals surface area contributed by atoms with Gasteiger partial charge in [-0.2, -0.15) is 0 Å². The predicted molar refractivity (Wildman–Crippen MR) is 63.7 cm³/mol. The third-order valence-electron chi connectivity index (χ3n) is 3.48. The molecule has 2 atom stereocenters. The van der Waals surface area contributed by atoms with Crippen LogP contribution in [0, 0.1) is 11.8 Å². The van der Waals surface area contributed by atoms with Crippen molar-refractivity contribution < 1.29 is 8.42 Å². The SMILES string of the molecule is CCS(=O)(=O)CCNCC1CCCC1C. The van der Waals surface area contributed by atoms with Crippen LogP contribution in [0.15, 0.2) is 0 Å². The van der Waals surface area contributed by atoms with Crippen LogP contribution in [0.2, 0.25) is 0 Å². The minimum Gasteiger partial charge on any atom is -0.315 e. The summed E-state index contributed by atoms with van der Waals surface area (Å²) in [6.45, 7) is 5.59. The molecule has 0 amide bonds. The van der Waals surface area contributed by atoms with Gasteiger partial charge in [-0.3, -0.25) is 0 Å². The van der Waals surface area contributed by atoms with Crippen molar-refractivity contribution in [3.05, 3.63) is 0 Å². The van der Waals surface area contributed by atoms with Gasteiger partial charge in [0.1, 0.15) is 0 Å². The molecule has 1 rings (SSSR count). The zero-order valence-corrected chi connectivity index (χ0v) is 10.6. The van der Waals surface area contributed by atoms with E-state index in [9.17, 15) is 8.42 Å². The van der Waals surface area contributed by atoms with E-state index in [2.05, 4.69) is 12.2 Å². The number of hydrogen-bond donors (Lipinski definition) is 1. The molecule has 1 N–H and O–H groups in total. The summed E-state index contributed by atoms with van der Waals surface area (Å²) >= 11 is 0. The van der Waals surface area contributed by atoms with Crippen molar-refractivity contribution in [3.63, 3.8) is 0 Å². The minimum absolute atomic E-state index is 0.258. The maximum atomic E-state index is 11.2. The Hall–Kier alpha value is -0.0900. The highest BCUT2D eigenvalue weighted by atomic mass is 32.2. The molecule has 0 heterocycles. The molecule has 4 heteroatoms. The van der Waals surface area contributed by atoms with Gasteiger partial charge in [-0.1, -0.05) is 26.7 Å². The monoisotopic (exact) mass is 233 g/mol. The Morgan fingerprint density at radius 2 is 2.07 bits per heavy atom. The molecule has 0 aromatic carbocycles. The molecular weight excluding hydrogens is 210 g/mol. The number of rotatable bonds is 6. The van der Waals surface area contributed by atoms with E-state index in [1.165, 1.54) is 19.3 Å². The number of hydrogen-bond acceptors (Lipinski definition) is 3. The zero-order valence-electron chi connectivity index (χ0n) is 9.83. The summed E-state index contributed by atoms with van der Waals surface area (Å²) < 4.78 is 22.4. The van der Waals surface area contributed by atoms with Crippen LogP contribution in [0.3, 0.4) is 0 Å². The van der Waals surface area contributed by atoms with E-state index >= 15 is 0 Å². The van der Waals surface area contributed by atoms with Crippen molar-refractivity contribution >= 4 is 9.84 Å². The lowest BCUT2D eigenvalue weighted by molar-refractivity contribution is 0.396. The third kappa shape index (κ3) is 4.51. The Morgan fingerprint density at radius 1 is 1.33 bits per heavy atom. The second kappa shape index (κ2) is 5.85. The highest BCUT2D eigenvalue weighted by Gasteiger charge is 2.22. The van der Waals surface area contributed by atoms with Crippen LogP contribution in [0.5, 0.6) is 0 Å². The second-order valence-electron chi connectivity index (χ2n) is 4.61. The largest absolute Gasteiger partial charge is 0.315 e. The summed E-state index contributed by atoms with van der Waals surface area (Å²) in [6.07, 6.45) is 3.97. The molecule has 1 saturated carbocycles. The first-order valence-electron chi connectivity index (χ1n) is 5.96. The van der Waals surface area contributed by atoms with Gasteiger partial charge in [-0.05, 0) is 24.8 Å². The van der Waals surface area contributed by atoms with Crippen molar-refractivity contribution in [2.75, 3.05) is 24.6 Å². The van der Waals surface area contributed by atoms with Crippen molar-refractivity contribution in [1.29, 1.82) is 0 Å². The smallest absolute Gasteiger partial charge is 0.151 e.